The Morgan fingerprint density at radius 3 is 1.51 bits per heavy atom. The maximum atomic E-state index is 12.2. The first-order valence-corrected chi connectivity index (χ1v) is 38.2. The smallest absolute Gasteiger partial charge is 0.308 e. The third-order valence-corrected chi connectivity index (χ3v) is 19.6. The van der Waals surface area contributed by atoms with Gasteiger partial charge in [0.2, 0.25) is 63.9 Å². The molecule has 0 fully saturated rings. The van der Waals surface area contributed by atoms with Crippen LogP contribution in [-0.4, -0.2) is 135 Å². The molecule has 11 aromatic carbocycles. The zero-order chi connectivity index (χ0) is 86.0. The Bertz CT molecular complexity index is 5840. The molecule has 9 heterocycles. The first-order chi connectivity index (χ1) is 57.3. The fraction of sp³-hybridized carbons (Fsp3) is 0.200. The zero-order valence-corrected chi connectivity index (χ0v) is 67.0. The minimum Gasteiger partial charge on any atom is -0.484 e. The molecule has 610 valence electrons. The summed E-state index contributed by atoms with van der Waals surface area (Å²) in [6.45, 7) is 16.3. The van der Waals surface area contributed by atoms with Gasteiger partial charge in [0.25, 0.3) is 6.29 Å². The van der Waals surface area contributed by atoms with Gasteiger partial charge < -0.3 is 57.6 Å². The lowest BCUT2D eigenvalue weighted by atomic mass is 10.0. The number of carboxylic acids is 1. The molecule has 9 aliphatic rings. The highest BCUT2D eigenvalue weighted by molar-refractivity contribution is 6.31. The second-order valence-corrected chi connectivity index (χ2v) is 29.1. The van der Waals surface area contributed by atoms with Gasteiger partial charge in [-0.3, -0.25) is 57.5 Å². The molecular weight excluding hydrogens is 1560 g/mol. The average molecular weight is 1640 g/mol. The van der Waals surface area contributed by atoms with Crippen LogP contribution in [0.15, 0.2) is 237 Å². The van der Waals surface area contributed by atoms with E-state index in [1.54, 1.807) is 156 Å². The number of halogens is 1. The first-order valence-electron chi connectivity index (χ1n) is 37.9. The Balaban J connectivity index is 0.000000124. The molecule has 11 aromatic rings. The van der Waals surface area contributed by atoms with Crippen LogP contribution in [0.1, 0.15) is 168 Å². The summed E-state index contributed by atoms with van der Waals surface area (Å²) in [6, 6.07) is 69.8. The maximum Gasteiger partial charge on any atom is 0.308 e. The van der Waals surface area contributed by atoms with Gasteiger partial charge in [-0.1, -0.05) is 151 Å². The molecule has 120 heavy (non-hydrogen) atoms. The summed E-state index contributed by atoms with van der Waals surface area (Å²) in [5, 5.41) is 20.1. The molecule has 0 aliphatic carbocycles. The van der Waals surface area contributed by atoms with Crippen molar-refractivity contribution in [2.45, 2.75) is 117 Å². The van der Waals surface area contributed by atoms with Crippen LogP contribution in [0.4, 0.5) is 0 Å². The third-order valence-electron chi connectivity index (χ3n) is 19.4. The Morgan fingerprint density at radius 1 is 0.433 bits per heavy atom. The van der Waals surface area contributed by atoms with Gasteiger partial charge in [-0.2, -0.15) is 0 Å². The van der Waals surface area contributed by atoms with Crippen molar-refractivity contribution in [1.82, 2.24) is 0 Å². The zero-order valence-electron chi connectivity index (χ0n) is 66.2. The van der Waals surface area contributed by atoms with Gasteiger partial charge in [-0.25, -0.2) is 0 Å². The predicted octanol–water partition coefficient (Wildman–Crippen LogP) is 16.3. The Hall–Kier alpha value is -14.2. The van der Waals surface area contributed by atoms with Crippen LogP contribution < -0.4 is 42.6 Å². The number of hydrogen-bond donors (Lipinski definition) is 2. The van der Waals surface area contributed by atoms with Crippen LogP contribution in [-0.2, 0) is 14.3 Å². The summed E-state index contributed by atoms with van der Waals surface area (Å²) in [5.41, 5.74) is 8.40. The molecule has 0 radical (unpaired) electrons. The van der Waals surface area contributed by atoms with Crippen LogP contribution in [0.25, 0.3) is 10.8 Å². The fourth-order valence-corrected chi connectivity index (χ4v) is 13.6. The van der Waals surface area contributed by atoms with Crippen LogP contribution in [0.3, 0.4) is 0 Å². The van der Waals surface area contributed by atoms with E-state index in [1.165, 1.54) is 13.0 Å². The second-order valence-electron chi connectivity index (χ2n) is 28.7. The number of ketones is 10. The summed E-state index contributed by atoms with van der Waals surface area (Å²) in [4.78, 5) is 137. The van der Waals surface area contributed by atoms with Crippen LogP contribution in [0.2, 0.25) is 5.02 Å². The lowest BCUT2D eigenvalue weighted by Gasteiger charge is -2.14. The van der Waals surface area contributed by atoms with Crippen LogP contribution in [0.5, 0.6) is 51.7 Å². The highest BCUT2D eigenvalue weighted by Gasteiger charge is 2.41. The Kier molecular flexibility index (Phi) is 26.2. The Labute approximate surface area is 693 Å². The van der Waals surface area contributed by atoms with E-state index in [1.807, 2.05) is 130 Å². The number of fused-ring (bicyclic) bond motifs is 11. The van der Waals surface area contributed by atoms with E-state index in [4.69, 9.17) is 69.2 Å². The molecule has 24 nitrogen and oxygen atoms in total. The molecule has 0 saturated carbocycles. The molecule has 0 amide bonds. The quantitative estimate of drug-likeness (QED) is 0.0918. The minimum absolute atomic E-state index is 0.0677. The second kappa shape index (κ2) is 36.9. The van der Waals surface area contributed by atoms with Crippen molar-refractivity contribution in [3.8, 4) is 51.7 Å². The molecule has 25 heteroatoms. The van der Waals surface area contributed by atoms with Crippen molar-refractivity contribution in [2.75, 3.05) is 6.61 Å². The summed E-state index contributed by atoms with van der Waals surface area (Å²) < 4.78 is 52.2. The van der Waals surface area contributed by atoms with Crippen molar-refractivity contribution in [3.63, 3.8) is 0 Å². The standard InChI is InChI=1S/C15H10O3.C12H8O2.C11H12O2.C10H7ClO4.C10H8O4.2C10H10O2.C9H8O2.C8H6O3/c16-13(10-6-2-1-3-7-10)15-14(17)11-8-4-5-9-12(11)18-15;13-11-7-14-12-9-4-2-1-3-8(9)5-6-10(11)12;1-6-4-7(2)11-9(5-6)10(12)8(3)13-11;11-5-1-2-7-6(3-5)10(14)8(15-7)4-9(12)13;1-6(11)13-10-9(12)7-4-2-3-5-8(7)14-10;1-6-3-4-9-8(5-6)10(11)7(2)12-9;1-10(2)9(11)7-5-3-4-6-8(7)12-10;1-6-9(10)7-4-2-3-5-8(7)11-6;9-7-5-3-1-2-4-6(5)11-8(7)10/h1-9,15H;1-6H,7H2;4-5,8H,1-3H3;1-3,8H,4H2,(H,12,13);2-5,10H,1H3;3-5,7H,1-2H3;3-6H,1-2H3;2-6H,1H3;1-4,8,10H. The molecular formula is C95H79ClO24. The largest absolute Gasteiger partial charge is 0.484 e. The van der Waals surface area contributed by atoms with E-state index < -0.39 is 42.3 Å². The SMILES string of the molecule is CC(=O)OC1Oc2ccccc2C1=O.CC1(C)Oc2ccccc2C1=O.CC1Oc2ccccc2C1=O.Cc1cc(C)c2c(c1)C(=O)C(C)O2.Cc1ccc2c(c1)C(=O)C(C)O2.O=C(O)CC1Oc2ccc(Cl)cc2C1=O.O=C(c1ccccc1)C1Oc2ccccc2C1=O.O=C1COc2c1ccc1ccccc21.O=C1c2ccccc2OC1O. The number of carboxylic acid groups (broad SMARTS) is 1. The van der Waals surface area contributed by atoms with Gasteiger partial charge in [0.15, 0.2) is 36.6 Å². The number of Topliss-reactive ketones (excluding diaryl/α,β-unsaturated/α-hetero) is 10. The van der Waals surface area contributed by atoms with Crippen molar-refractivity contribution in [2.24, 2.45) is 0 Å². The number of ether oxygens (including phenoxy) is 10. The van der Waals surface area contributed by atoms with Gasteiger partial charge >= 0.3 is 18.2 Å². The summed E-state index contributed by atoms with van der Waals surface area (Å²) >= 11 is 5.72. The number of para-hydroxylation sites is 5. The number of carbonyl (C=O) groups is 12. The molecule has 9 aliphatic heterocycles. The molecule has 20 rings (SSSR count). The molecule has 2 N–H and O–H groups in total. The molecule has 7 unspecified atom stereocenters. The van der Waals surface area contributed by atoms with Gasteiger partial charge in [0.1, 0.15) is 51.7 Å². The van der Waals surface area contributed by atoms with E-state index in [0.717, 1.165) is 55.8 Å². The highest BCUT2D eigenvalue weighted by atomic mass is 35.5. The number of aryl methyl sites for hydroxylation is 3. The number of aliphatic carboxylic acids is 1. The first kappa shape index (κ1) is 85.1. The van der Waals surface area contributed by atoms with Crippen molar-refractivity contribution in [1.29, 1.82) is 0 Å². The number of aliphatic hydroxyl groups excluding tert-OH is 1. The number of rotatable bonds is 5. The maximum absolute atomic E-state index is 12.2. The lowest BCUT2D eigenvalue weighted by Crippen LogP contribution is -2.31. The highest BCUT2D eigenvalue weighted by Crippen LogP contribution is 2.39. The molecule has 0 aromatic heterocycles. The van der Waals surface area contributed by atoms with Crippen LogP contribution >= 0.6 is 11.6 Å². The summed E-state index contributed by atoms with van der Waals surface area (Å²) in [5.74, 6) is 2.72. The van der Waals surface area contributed by atoms with E-state index in [2.05, 4.69) is 0 Å². The van der Waals surface area contributed by atoms with Crippen molar-refractivity contribution >= 4 is 92.1 Å². The van der Waals surface area contributed by atoms with Gasteiger partial charge in [0.05, 0.1) is 56.5 Å². The Morgan fingerprint density at radius 2 is 0.917 bits per heavy atom. The number of carbonyl (C=O) groups excluding carboxylic acids is 11. The predicted molar refractivity (Wildman–Crippen MR) is 439 cm³/mol. The van der Waals surface area contributed by atoms with E-state index in [0.29, 0.717) is 84.0 Å². The number of aliphatic hydroxyl groups is 1. The number of esters is 1. The molecule has 0 bridgehead atoms. The van der Waals surface area contributed by atoms with Gasteiger partial charge in [-0.15, -0.1) is 0 Å². The van der Waals surface area contributed by atoms with E-state index in [-0.39, 0.29) is 89.2 Å². The summed E-state index contributed by atoms with van der Waals surface area (Å²) in [7, 11) is 0. The number of hydrogen-bond acceptors (Lipinski definition) is 23. The van der Waals surface area contributed by atoms with Crippen molar-refractivity contribution < 1.29 is 115 Å². The van der Waals surface area contributed by atoms with E-state index in [9.17, 15) is 57.5 Å². The third kappa shape index (κ3) is 19.2. The lowest BCUT2D eigenvalue weighted by molar-refractivity contribution is -0.154. The van der Waals surface area contributed by atoms with Gasteiger partial charge in [0, 0.05) is 22.9 Å². The molecule has 0 saturated heterocycles. The minimum atomic E-state index is -1.30. The number of benzene rings is 11. The van der Waals surface area contributed by atoms with Crippen molar-refractivity contribution in [3.05, 3.63) is 314 Å². The van der Waals surface area contributed by atoms with Gasteiger partial charge in [-0.05, 0) is 175 Å². The molecule has 0 spiro atoms. The normalized spacial score (nSPS) is 18.7. The molecule has 7 atom stereocenters. The van der Waals surface area contributed by atoms with E-state index >= 15 is 0 Å². The summed E-state index contributed by atoms with van der Waals surface area (Å²) in [6.07, 6.45) is -5.60. The van der Waals surface area contributed by atoms with Crippen LogP contribution in [0, 0.1) is 20.8 Å². The topological polar surface area (TPSA) is 338 Å². The average Bonchev–Trinajstić information content (AvgIpc) is 1.62. The monoisotopic (exact) mass is 1640 g/mol. The fourth-order valence-electron chi connectivity index (χ4n) is 13.5.